The number of nitriles is 2. The van der Waals surface area contributed by atoms with Gasteiger partial charge in [-0.05, 0) is 85.6 Å². The van der Waals surface area contributed by atoms with E-state index in [1.165, 1.54) is 7.11 Å². The first-order valence-electron chi connectivity index (χ1n) is 16.1. The summed E-state index contributed by atoms with van der Waals surface area (Å²) in [5.74, 6) is 2.89. The van der Waals surface area contributed by atoms with Crippen LogP contribution in [-0.4, -0.2) is 61.1 Å². The van der Waals surface area contributed by atoms with E-state index in [1.54, 1.807) is 70.4 Å². The molecule has 1 N–H and O–H groups in total. The van der Waals surface area contributed by atoms with E-state index >= 15 is 0 Å². The standard InChI is InChI=1S/C20H17N3O2.C12H8ClN3.C8H10BO4/c1-13-9-18(14-5-4-8-22-12-14)23-20(17(13)11-21)16-7-6-15(24-2)10-19(16)25-3;1-8-5-11(9-3-2-4-15-7-9)16-12(13)10(8)6-14;1-11-6-3-4-7(13-9-10)8(5-6)12-2/h4-10,12H,1-3H3;2-5,7H,1H3;3-5,10H,1-2H3. The Balaban J connectivity index is 0.000000193. The molecule has 0 bridgehead atoms. The summed E-state index contributed by atoms with van der Waals surface area (Å²) >= 11 is 5.93. The van der Waals surface area contributed by atoms with Crippen LogP contribution in [-0.2, 0) is 0 Å². The Morgan fingerprint density at radius 3 is 1.67 bits per heavy atom. The van der Waals surface area contributed by atoms with Gasteiger partial charge in [0.1, 0.15) is 40.3 Å². The number of pyridine rings is 4. The molecular formula is C40H35BClN6O6. The molecule has 0 aliphatic rings. The third-order valence-electron chi connectivity index (χ3n) is 7.74. The predicted octanol–water partition coefficient (Wildman–Crippen LogP) is 7.59. The zero-order chi connectivity index (χ0) is 39.0. The first-order chi connectivity index (χ1) is 26.2. The highest BCUT2D eigenvalue weighted by Gasteiger charge is 2.17. The number of benzene rings is 2. The fourth-order valence-electron chi connectivity index (χ4n) is 5.02. The molecule has 0 saturated carbocycles. The monoisotopic (exact) mass is 741 g/mol. The van der Waals surface area contributed by atoms with Gasteiger partial charge in [0, 0.05) is 53.6 Å². The summed E-state index contributed by atoms with van der Waals surface area (Å²) < 4.78 is 25.5. The van der Waals surface area contributed by atoms with Crippen LogP contribution in [0, 0.1) is 36.5 Å². The average molecular weight is 742 g/mol. The fourth-order valence-corrected chi connectivity index (χ4v) is 5.31. The molecule has 0 spiro atoms. The molecule has 0 amide bonds. The number of hydrogen-bond donors (Lipinski definition) is 1. The Bertz CT molecular complexity index is 2240. The van der Waals surface area contributed by atoms with E-state index in [1.807, 2.05) is 68.4 Å². The van der Waals surface area contributed by atoms with E-state index < -0.39 is 0 Å². The summed E-state index contributed by atoms with van der Waals surface area (Å²) in [5.41, 5.74) is 7.22. The maximum atomic E-state index is 9.62. The summed E-state index contributed by atoms with van der Waals surface area (Å²) in [6.45, 7) is 3.74. The van der Waals surface area contributed by atoms with Gasteiger partial charge in [-0.3, -0.25) is 9.97 Å². The van der Waals surface area contributed by atoms with Gasteiger partial charge in [-0.2, -0.15) is 10.5 Å². The van der Waals surface area contributed by atoms with Gasteiger partial charge in [0.25, 0.3) is 0 Å². The van der Waals surface area contributed by atoms with Crippen LogP contribution >= 0.6 is 11.6 Å². The molecule has 271 valence electrons. The first-order valence-corrected chi connectivity index (χ1v) is 16.5. The van der Waals surface area contributed by atoms with Gasteiger partial charge in [-0.25, -0.2) is 9.97 Å². The molecule has 6 aromatic rings. The van der Waals surface area contributed by atoms with Gasteiger partial charge >= 0.3 is 7.69 Å². The molecule has 12 nitrogen and oxygen atoms in total. The van der Waals surface area contributed by atoms with E-state index in [2.05, 4.69) is 21.0 Å². The minimum absolute atomic E-state index is 0.237. The van der Waals surface area contributed by atoms with Crippen LogP contribution in [0.15, 0.2) is 97.6 Å². The van der Waals surface area contributed by atoms with Crippen LogP contribution in [0.3, 0.4) is 0 Å². The van der Waals surface area contributed by atoms with Crippen molar-refractivity contribution in [2.45, 2.75) is 13.8 Å². The summed E-state index contributed by atoms with van der Waals surface area (Å²) in [6.07, 6.45) is 6.88. The van der Waals surface area contributed by atoms with Crippen molar-refractivity contribution in [3.05, 3.63) is 125 Å². The van der Waals surface area contributed by atoms with Crippen LogP contribution in [0.1, 0.15) is 22.3 Å². The van der Waals surface area contributed by atoms with Crippen molar-refractivity contribution in [2.24, 2.45) is 0 Å². The van der Waals surface area contributed by atoms with Crippen LogP contribution in [0.5, 0.6) is 28.7 Å². The van der Waals surface area contributed by atoms with E-state index in [-0.39, 0.29) is 5.15 Å². The smallest absolute Gasteiger partial charge is 0.535 e. The Kier molecular flexibility index (Phi) is 14.7. The highest BCUT2D eigenvalue weighted by Crippen LogP contribution is 2.36. The fraction of sp³-hybridized carbons (Fsp3) is 0.150. The molecule has 0 fully saturated rings. The van der Waals surface area contributed by atoms with E-state index in [4.69, 9.17) is 50.5 Å². The summed E-state index contributed by atoms with van der Waals surface area (Å²) in [6, 6.07) is 26.0. The number of nitrogens with zero attached hydrogens (tertiary/aromatic N) is 6. The van der Waals surface area contributed by atoms with Gasteiger partial charge in [-0.1, -0.05) is 11.6 Å². The van der Waals surface area contributed by atoms with E-state index in [9.17, 15) is 5.26 Å². The lowest BCUT2D eigenvalue weighted by Gasteiger charge is -2.14. The molecule has 1 radical (unpaired) electrons. The Labute approximate surface area is 319 Å². The van der Waals surface area contributed by atoms with Crippen LogP contribution < -0.4 is 23.6 Å². The summed E-state index contributed by atoms with van der Waals surface area (Å²) in [7, 11) is 6.86. The molecule has 6 rings (SSSR count). The van der Waals surface area contributed by atoms with Crippen molar-refractivity contribution < 1.29 is 28.6 Å². The number of rotatable bonds is 9. The molecule has 14 heteroatoms. The normalized spacial score (nSPS) is 9.81. The van der Waals surface area contributed by atoms with Crippen molar-refractivity contribution in [1.29, 1.82) is 10.5 Å². The van der Waals surface area contributed by atoms with Crippen molar-refractivity contribution >= 4 is 19.3 Å². The van der Waals surface area contributed by atoms with Crippen molar-refractivity contribution in [3.63, 3.8) is 0 Å². The molecule has 0 aliphatic heterocycles. The minimum atomic E-state index is 0.237. The summed E-state index contributed by atoms with van der Waals surface area (Å²) in [4.78, 5) is 17.1. The number of methoxy groups -OCH3 is 4. The second kappa shape index (κ2) is 19.8. The predicted molar refractivity (Wildman–Crippen MR) is 206 cm³/mol. The molecule has 0 atom stereocenters. The van der Waals surface area contributed by atoms with Crippen molar-refractivity contribution in [1.82, 2.24) is 19.9 Å². The third-order valence-corrected chi connectivity index (χ3v) is 8.02. The maximum absolute atomic E-state index is 9.62. The lowest BCUT2D eigenvalue weighted by Crippen LogP contribution is -2.01. The zero-order valence-corrected chi connectivity index (χ0v) is 31.1. The number of aryl methyl sites for hydroxylation is 2. The van der Waals surface area contributed by atoms with Gasteiger partial charge in [0.15, 0.2) is 5.75 Å². The van der Waals surface area contributed by atoms with E-state index in [0.29, 0.717) is 53.3 Å². The van der Waals surface area contributed by atoms with Crippen LogP contribution in [0.2, 0.25) is 5.15 Å². The molecule has 2 aromatic carbocycles. The largest absolute Gasteiger partial charge is 0.569 e. The Morgan fingerprint density at radius 1 is 0.648 bits per heavy atom. The van der Waals surface area contributed by atoms with Crippen LogP contribution in [0.25, 0.3) is 33.8 Å². The van der Waals surface area contributed by atoms with Crippen molar-refractivity contribution in [3.8, 4) is 74.7 Å². The lowest BCUT2D eigenvalue weighted by atomic mass is 9.99. The van der Waals surface area contributed by atoms with Gasteiger partial charge in [-0.15, -0.1) is 0 Å². The summed E-state index contributed by atoms with van der Waals surface area (Å²) in [5, 5.41) is 27.2. The Morgan fingerprint density at radius 2 is 1.19 bits per heavy atom. The zero-order valence-electron chi connectivity index (χ0n) is 30.4. The lowest BCUT2D eigenvalue weighted by molar-refractivity contribution is 0.371. The molecular weight excluding hydrogens is 707 g/mol. The molecule has 4 aromatic heterocycles. The topological polar surface area (TPSA) is 166 Å². The van der Waals surface area contributed by atoms with Gasteiger partial charge in [0.2, 0.25) is 0 Å². The third kappa shape index (κ3) is 10.0. The molecule has 54 heavy (non-hydrogen) atoms. The molecule has 0 aliphatic carbocycles. The number of ether oxygens (including phenoxy) is 4. The van der Waals surface area contributed by atoms with E-state index in [0.717, 1.165) is 39.2 Å². The van der Waals surface area contributed by atoms with Gasteiger partial charge < -0.3 is 28.6 Å². The molecule has 4 heterocycles. The highest BCUT2D eigenvalue weighted by atomic mass is 35.5. The maximum Gasteiger partial charge on any atom is 0.569 e. The second-order valence-electron chi connectivity index (χ2n) is 11.1. The quantitative estimate of drug-likeness (QED) is 0.114. The average Bonchev–Trinajstić information content (AvgIpc) is 3.21. The SMILES string of the molecule is COc1ccc(-c2nc(-c3cccnc3)cc(C)c2C#N)c(OC)c1.COc1ccc(O[B]O)c(OC)c1.Cc1cc(-c2cccnc2)nc(Cl)c1C#N. The number of halogens is 1. The molecule has 0 saturated heterocycles. The second-order valence-corrected chi connectivity index (χ2v) is 11.4. The van der Waals surface area contributed by atoms with Crippen LogP contribution in [0.4, 0.5) is 0 Å². The number of hydrogen-bond acceptors (Lipinski definition) is 12. The highest BCUT2D eigenvalue weighted by molar-refractivity contribution is 6.30. The Hall–Kier alpha value is -6.67. The first kappa shape index (κ1) is 40.1. The van der Waals surface area contributed by atoms with Gasteiger partial charge in [0.05, 0.1) is 56.6 Å². The minimum Gasteiger partial charge on any atom is -0.535 e. The molecule has 0 unspecified atom stereocenters. The number of aromatic nitrogens is 4. The van der Waals surface area contributed by atoms with Crippen molar-refractivity contribution in [2.75, 3.05) is 28.4 Å².